The molecule has 0 aromatic heterocycles. The van der Waals surface area contributed by atoms with Gasteiger partial charge >= 0.3 is 0 Å². The van der Waals surface area contributed by atoms with Crippen LogP contribution in [0.4, 0.5) is 5.69 Å². The number of carbonyl (C=O) groups excluding carboxylic acids is 2. The quantitative estimate of drug-likeness (QED) is 0.504. The van der Waals surface area contributed by atoms with Crippen molar-refractivity contribution in [3.63, 3.8) is 0 Å². The molecule has 0 bridgehead atoms. The standard InChI is InChI=1S/C23H25ClN2O3/c1-15(2)16-7-11-19(12-8-16)25-21-20(17-5-9-18(24)10-6-17)22(27)26(23(21)28)13-4-14-29-3/h5-12,15,25H,4,13-14H2,1-3H3. The minimum absolute atomic E-state index is 0.284. The monoisotopic (exact) mass is 412 g/mol. The third kappa shape index (κ3) is 4.69. The summed E-state index contributed by atoms with van der Waals surface area (Å²) in [7, 11) is 1.60. The summed E-state index contributed by atoms with van der Waals surface area (Å²) in [6.45, 7) is 5.04. The molecule has 6 heteroatoms. The fraction of sp³-hybridized carbons (Fsp3) is 0.304. The van der Waals surface area contributed by atoms with Crippen LogP contribution >= 0.6 is 11.6 Å². The van der Waals surface area contributed by atoms with Crippen molar-refractivity contribution in [2.75, 3.05) is 25.6 Å². The lowest BCUT2D eigenvalue weighted by Crippen LogP contribution is -2.33. The molecule has 1 N–H and O–H groups in total. The molecule has 0 fully saturated rings. The van der Waals surface area contributed by atoms with Crippen LogP contribution in [0.1, 0.15) is 37.3 Å². The van der Waals surface area contributed by atoms with Crippen LogP contribution in [0.25, 0.3) is 5.57 Å². The van der Waals surface area contributed by atoms with E-state index < -0.39 is 0 Å². The van der Waals surface area contributed by atoms with Crippen LogP contribution in [-0.4, -0.2) is 37.0 Å². The van der Waals surface area contributed by atoms with Crippen molar-refractivity contribution < 1.29 is 14.3 Å². The van der Waals surface area contributed by atoms with Crippen LogP contribution in [0.15, 0.2) is 54.2 Å². The Kier molecular flexibility index (Phi) is 6.72. The summed E-state index contributed by atoms with van der Waals surface area (Å²) in [4.78, 5) is 27.4. The molecule has 152 valence electrons. The molecule has 2 aromatic rings. The molecule has 1 aliphatic heterocycles. The maximum atomic E-state index is 13.1. The first kappa shape index (κ1) is 21.1. The van der Waals surface area contributed by atoms with Crippen molar-refractivity contribution in [3.8, 4) is 0 Å². The SMILES string of the molecule is COCCCN1C(=O)C(Nc2ccc(C(C)C)cc2)=C(c2ccc(Cl)cc2)C1=O. The van der Waals surface area contributed by atoms with Gasteiger partial charge in [-0.1, -0.05) is 49.7 Å². The largest absolute Gasteiger partial charge is 0.385 e. The van der Waals surface area contributed by atoms with Gasteiger partial charge < -0.3 is 10.1 Å². The second-order valence-corrected chi connectivity index (χ2v) is 7.70. The number of nitrogens with one attached hydrogen (secondary N) is 1. The number of anilines is 1. The molecule has 0 aliphatic carbocycles. The Hall–Kier alpha value is -2.63. The maximum Gasteiger partial charge on any atom is 0.278 e. The maximum absolute atomic E-state index is 13.1. The number of nitrogens with zero attached hydrogens (tertiary/aromatic N) is 1. The molecule has 29 heavy (non-hydrogen) atoms. The predicted octanol–water partition coefficient (Wildman–Crippen LogP) is 4.69. The Balaban J connectivity index is 1.95. The van der Waals surface area contributed by atoms with E-state index in [4.69, 9.17) is 16.3 Å². The molecule has 5 nitrogen and oxygen atoms in total. The van der Waals surface area contributed by atoms with E-state index in [1.54, 1.807) is 31.4 Å². The van der Waals surface area contributed by atoms with Gasteiger partial charge in [0.25, 0.3) is 11.8 Å². The highest BCUT2D eigenvalue weighted by molar-refractivity contribution is 6.36. The van der Waals surface area contributed by atoms with Gasteiger partial charge in [0.2, 0.25) is 0 Å². The van der Waals surface area contributed by atoms with Gasteiger partial charge in [-0.25, -0.2) is 0 Å². The molecule has 0 saturated carbocycles. The number of benzene rings is 2. The van der Waals surface area contributed by atoms with E-state index in [0.29, 0.717) is 41.6 Å². The number of hydrogen-bond acceptors (Lipinski definition) is 4. The normalized spacial score (nSPS) is 14.3. The minimum atomic E-state index is -0.330. The van der Waals surface area contributed by atoms with Crippen LogP contribution in [-0.2, 0) is 14.3 Å². The number of carbonyl (C=O) groups is 2. The minimum Gasteiger partial charge on any atom is -0.385 e. The Labute approximate surface area is 176 Å². The van der Waals surface area contributed by atoms with E-state index >= 15 is 0 Å². The van der Waals surface area contributed by atoms with E-state index in [-0.39, 0.29) is 17.5 Å². The predicted molar refractivity (Wildman–Crippen MR) is 116 cm³/mol. The molecule has 0 atom stereocenters. The van der Waals surface area contributed by atoms with E-state index in [2.05, 4.69) is 19.2 Å². The van der Waals surface area contributed by atoms with Crippen LogP contribution in [0, 0.1) is 0 Å². The zero-order valence-corrected chi connectivity index (χ0v) is 17.6. The number of imide groups is 1. The van der Waals surface area contributed by atoms with Crippen molar-refractivity contribution in [3.05, 3.63) is 70.4 Å². The molecule has 0 radical (unpaired) electrons. The van der Waals surface area contributed by atoms with Crippen LogP contribution in [0.2, 0.25) is 5.02 Å². The highest BCUT2D eigenvalue weighted by atomic mass is 35.5. The first-order valence-electron chi connectivity index (χ1n) is 9.64. The van der Waals surface area contributed by atoms with Gasteiger partial charge in [-0.15, -0.1) is 0 Å². The van der Waals surface area contributed by atoms with Crippen LogP contribution in [0.5, 0.6) is 0 Å². The van der Waals surface area contributed by atoms with Gasteiger partial charge in [-0.2, -0.15) is 0 Å². The average molecular weight is 413 g/mol. The fourth-order valence-electron chi connectivity index (χ4n) is 3.24. The second kappa shape index (κ2) is 9.25. The zero-order chi connectivity index (χ0) is 21.0. The molecule has 0 unspecified atom stereocenters. The molecule has 0 spiro atoms. The molecule has 1 aliphatic rings. The summed E-state index contributed by atoms with van der Waals surface area (Å²) in [6.07, 6.45) is 0.582. The van der Waals surface area contributed by atoms with Crippen LogP contribution < -0.4 is 5.32 Å². The number of methoxy groups -OCH3 is 1. The van der Waals surface area contributed by atoms with E-state index in [1.165, 1.54) is 10.5 Å². The fourth-order valence-corrected chi connectivity index (χ4v) is 3.37. The Morgan fingerprint density at radius 2 is 1.66 bits per heavy atom. The number of ether oxygens (including phenoxy) is 1. The van der Waals surface area contributed by atoms with Gasteiger partial charge in [-0.05, 0) is 47.7 Å². The van der Waals surface area contributed by atoms with Crippen LogP contribution in [0.3, 0.4) is 0 Å². The first-order valence-corrected chi connectivity index (χ1v) is 10.0. The Morgan fingerprint density at radius 3 is 2.24 bits per heavy atom. The van der Waals surface area contributed by atoms with Gasteiger partial charge in [-0.3, -0.25) is 14.5 Å². The first-order chi connectivity index (χ1) is 13.9. The smallest absolute Gasteiger partial charge is 0.278 e. The number of amides is 2. The van der Waals surface area contributed by atoms with Gasteiger partial charge in [0, 0.05) is 31.0 Å². The van der Waals surface area contributed by atoms with Crippen molar-refractivity contribution in [1.82, 2.24) is 4.90 Å². The Bertz CT molecular complexity index is 918. The highest BCUT2D eigenvalue weighted by Gasteiger charge is 2.38. The van der Waals surface area contributed by atoms with E-state index in [9.17, 15) is 9.59 Å². The van der Waals surface area contributed by atoms with Gasteiger partial charge in [0.1, 0.15) is 5.70 Å². The van der Waals surface area contributed by atoms with Crippen molar-refractivity contribution in [1.29, 1.82) is 0 Å². The average Bonchev–Trinajstić information content (AvgIpc) is 2.93. The third-order valence-electron chi connectivity index (χ3n) is 4.88. The third-order valence-corrected chi connectivity index (χ3v) is 5.13. The number of rotatable bonds is 8. The summed E-state index contributed by atoms with van der Waals surface area (Å²) >= 11 is 6.00. The van der Waals surface area contributed by atoms with Crippen molar-refractivity contribution >= 4 is 34.7 Å². The lowest BCUT2D eigenvalue weighted by Gasteiger charge is -2.15. The lowest BCUT2D eigenvalue weighted by atomic mass is 10.0. The van der Waals surface area contributed by atoms with Gasteiger partial charge in [0.05, 0.1) is 5.57 Å². The molecule has 1 heterocycles. The highest BCUT2D eigenvalue weighted by Crippen LogP contribution is 2.31. The summed E-state index contributed by atoms with van der Waals surface area (Å²) in [5.74, 6) is -0.224. The molecule has 2 aromatic carbocycles. The molecular weight excluding hydrogens is 388 g/mol. The van der Waals surface area contributed by atoms with Gasteiger partial charge in [0.15, 0.2) is 0 Å². The molecular formula is C23H25ClN2O3. The summed E-state index contributed by atoms with van der Waals surface area (Å²) in [5.41, 5.74) is 3.26. The molecule has 3 rings (SSSR count). The second-order valence-electron chi connectivity index (χ2n) is 7.27. The Morgan fingerprint density at radius 1 is 1.00 bits per heavy atom. The lowest BCUT2D eigenvalue weighted by molar-refractivity contribution is -0.136. The zero-order valence-electron chi connectivity index (χ0n) is 16.9. The summed E-state index contributed by atoms with van der Waals surface area (Å²) in [5, 5.41) is 3.75. The topological polar surface area (TPSA) is 58.6 Å². The number of halogens is 1. The molecule has 2 amide bonds. The van der Waals surface area contributed by atoms with Crippen molar-refractivity contribution in [2.24, 2.45) is 0 Å². The van der Waals surface area contributed by atoms with E-state index in [0.717, 1.165) is 5.69 Å². The number of hydrogen-bond donors (Lipinski definition) is 1. The molecule has 0 saturated heterocycles. The summed E-state index contributed by atoms with van der Waals surface area (Å²) in [6, 6.07) is 14.8. The summed E-state index contributed by atoms with van der Waals surface area (Å²) < 4.78 is 5.06. The van der Waals surface area contributed by atoms with Crippen molar-refractivity contribution in [2.45, 2.75) is 26.2 Å². The van der Waals surface area contributed by atoms with E-state index in [1.807, 2.05) is 24.3 Å².